The summed E-state index contributed by atoms with van der Waals surface area (Å²) in [6, 6.07) is 12.1. The molecule has 0 spiro atoms. The quantitative estimate of drug-likeness (QED) is 0.631. The maximum Gasteiger partial charge on any atom is 0.224 e. The molecular weight excluding hydrogens is 340 g/mol. The van der Waals surface area contributed by atoms with Gasteiger partial charge in [-0.2, -0.15) is 0 Å². The summed E-state index contributed by atoms with van der Waals surface area (Å²) in [5, 5.41) is 2.99. The maximum atomic E-state index is 12.2. The monoisotopic (exact) mass is 370 g/mol. The molecule has 0 aliphatic heterocycles. The number of carbonyl (C=O) groups excluding carboxylic acids is 1. The van der Waals surface area contributed by atoms with Crippen LogP contribution in [0.25, 0.3) is 0 Å². The third-order valence-electron chi connectivity index (χ3n) is 4.50. The number of hydrogen-bond acceptors (Lipinski definition) is 4. The predicted molar refractivity (Wildman–Crippen MR) is 108 cm³/mol. The molecule has 0 heterocycles. The summed E-state index contributed by atoms with van der Waals surface area (Å²) in [5.41, 5.74) is 10.3. The molecule has 0 saturated heterocycles. The van der Waals surface area contributed by atoms with E-state index < -0.39 is 0 Å². The molecule has 0 bridgehead atoms. The Balaban J connectivity index is 1.78. The average molecular weight is 370 g/mol. The number of amides is 1. The highest BCUT2D eigenvalue weighted by Crippen LogP contribution is 2.28. The molecule has 0 aromatic heterocycles. The number of nitrogens with one attached hydrogen (secondary N) is 1. The van der Waals surface area contributed by atoms with Gasteiger partial charge in [0.05, 0.1) is 13.5 Å². The summed E-state index contributed by atoms with van der Waals surface area (Å²) in [5.74, 6) is 1.26. The number of aryl methyl sites for hydroxylation is 3. The molecule has 0 radical (unpaired) electrons. The van der Waals surface area contributed by atoms with E-state index in [4.69, 9.17) is 15.2 Å². The van der Waals surface area contributed by atoms with Crippen LogP contribution < -0.4 is 20.5 Å². The zero-order valence-electron chi connectivity index (χ0n) is 16.5. The summed E-state index contributed by atoms with van der Waals surface area (Å²) in [4.78, 5) is 12.2. The molecule has 2 aromatic carbocycles. The summed E-state index contributed by atoms with van der Waals surface area (Å²) >= 11 is 0. The number of carbonyl (C=O) groups is 1. The van der Waals surface area contributed by atoms with E-state index >= 15 is 0 Å². The van der Waals surface area contributed by atoms with Crippen LogP contribution in [-0.4, -0.2) is 32.7 Å². The Morgan fingerprint density at radius 2 is 1.81 bits per heavy atom. The molecular formula is C22H30N2O3. The fourth-order valence-electron chi connectivity index (χ4n) is 2.84. The van der Waals surface area contributed by atoms with Gasteiger partial charge in [0, 0.05) is 13.1 Å². The third-order valence-corrected chi connectivity index (χ3v) is 4.50. The van der Waals surface area contributed by atoms with Crippen LogP contribution in [0.4, 0.5) is 0 Å². The van der Waals surface area contributed by atoms with Crippen molar-refractivity contribution in [3.8, 4) is 11.5 Å². The first-order valence-electron chi connectivity index (χ1n) is 9.36. The van der Waals surface area contributed by atoms with Crippen molar-refractivity contribution in [3.63, 3.8) is 0 Å². The third kappa shape index (κ3) is 6.61. The van der Waals surface area contributed by atoms with Crippen LogP contribution in [0.5, 0.6) is 11.5 Å². The Labute approximate surface area is 161 Å². The Kier molecular flexibility index (Phi) is 8.14. The Bertz CT molecular complexity index is 759. The van der Waals surface area contributed by atoms with Gasteiger partial charge in [0.1, 0.15) is 6.61 Å². The van der Waals surface area contributed by atoms with Crippen LogP contribution in [0.1, 0.15) is 28.7 Å². The molecule has 0 unspecified atom stereocenters. The molecule has 146 valence electrons. The maximum absolute atomic E-state index is 12.2. The highest BCUT2D eigenvalue weighted by atomic mass is 16.5. The Morgan fingerprint density at radius 3 is 2.52 bits per heavy atom. The number of methoxy groups -OCH3 is 1. The van der Waals surface area contributed by atoms with Crippen LogP contribution in [-0.2, 0) is 17.6 Å². The van der Waals surface area contributed by atoms with Gasteiger partial charge in [-0.15, -0.1) is 0 Å². The van der Waals surface area contributed by atoms with Gasteiger partial charge in [-0.1, -0.05) is 24.3 Å². The van der Waals surface area contributed by atoms with Crippen LogP contribution in [0.15, 0.2) is 36.4 Å². The standard InChI is InChI=1S/C22H30N2O3/c1-16-6-7-18(13-17(16)2)5-4-11-24-22(25)15-19-8-9-20(27-12-10-23)21(14-19)26-3/h6-9,13-14H,4-5,10-12,15,23H2,1-3H3,(H,24,25). The van der Waals surface area contributed by atoms with Gasteiger partial charge in [0.25, 0.3) is 0 Å². The smallest absolute Gasteiger partial charge is 0.224 e. The summed E-state index contributed by atoms with van der Waals surface area (Å²) in [6.45, 7) is 5.78. The number of benzene rings is 2. The van der Waals surface area contributed by atoms with Gasteiger partial charge in [-0.25, -0.2) is 0 Å². The fraction of sp³-hybridized carbons (Fsp3) is 0.409. The minimum absolute atomic E-state index is 0.00719. The fourth-order valence-corrected chi connectivity index (χ4v) is 2.84. The van der Waals surface area contributed by atoms with Crippen LogP contribution >= 0.6 is 0 Å². The summed E-state index contributed by atoms with van der Waals surface area (Å²) in [7, 11) is 1.58. The molecule has 1 amide bonds. The summed E-state index contributed by atoms with van der Waals surface area (Å²) in [6.07, 6.45) is 2.20. The second-order valence-corrected chi connectivity index (χ2v) is 6.67. The lowest BCUT2D eigenvalue weighted by molar-refractivity contribution is -0.120. The lowest BCUT2D eigenvalue weighted by Gasteiger charge is -2.12. The SMILES string of the molecule is COc1cc(CC(=O)NCCCc2ccc(C)c(C)c2)ccc1OCCN. The molecule has 0 saturated carbocycles. The van der Waals surface area contributed by atoms with E-state index in [2.05, 4.69) is 37.4 Å². The average Bonchev–Trinajstić information content (AvgIpc) is 2.66. The minimum atomic E-state index is 0.00719. The second-order valence-electron chi connectivity index (χ2n) is 6.67. The first-order chi connectivity index (χ1) is 13.0. The topological polar surface area (TPSA) is 73.6 Å². The number of nitrogens with two attached hydrogens (primary N) is 1. The van der Waals surface area contributed by atoms with Crippen LogP contribution in [0.2, 0.25) is 0 Å². The zero-order chi connectivity index (χ0) is 19.6. The second kappa shape index (κ2) is 10.6. The normalized spacial score (nSPS) is 10.5. The van der Waals surface area contributed by atoms with E-state index in [1.54, 1.807) is 7.11 Å². The van der Waals surface area contributed by atoms with Gasteiger partial charge >= 0.3 is 0 Å². The van der Waals surface area contributed by atoms with Gasteiger partial charge in [-0.05, 0) is 61.1 Å². The Hall–Kier alpha value is -2.53. The van der Waals surface area contributed by atoms with Crippen molar-refractivity contribution < 1.29 is 14.3 Å². The number of hydrogen-bond donors (Lipinski definition) is 2. The van der Waals surface area contributed by atoms with Gasteiger partial charge in [0.15, 0.2) is 11.5 Å². The lowest BCUT2D eigenvalue weighted by atomic mass is 10.0. The van der Waals surface area contributed by atoms with Gasteiger partial charge < -0.3 is 20.5 Å². The van der Waals surface area contributed by atoms with Crippen molar-refractivity contribution in [3.05, 3.63) is 58.7 Å². The van der Waals surface area contributed by atoms with Crippen molar-refractivity contribution in [1.29, 1.82) is 0 Å². The van der Waals surface area contributed by atoms with Crippen molar-refractivity contribution in [2.45, 2.75) is 33.1 Å². The molecule has 2 rings (SSSR count). The first kappa shape index (κ1) is 20.8. The summed E-state index contributed by atoms with van der Waals surface area (Å²) < 4.78 is 10.9. The van der Waals surface area contributed by atoms with Crippen LogP contribution in [0.3, 0.4) is 0 Å². The molecule has 3 N–H and O–H groups in total. The molecule has 0 aliphatic rings. The first-order valence-corrected chi connectivity index (χ1v) is 9.36. The minimum Gasteiger partial charge on any atom is -0.493 e. The van der Waals surface area contributed by atoms with Crippen molar-refractivity contribution in [1.82, 2.24) is 5.32 Å². The van der Waals surface area contributed by atoms with Crippen molar-refractivity contribution in [2.75, 3.05) is 26.8 Å². The molecule has 0 fully saturated rings. The van der Waals surface area contributed by atoms with E-state index in [0.29, 0.717) is 37.6 Å². The lowest BCUT2D eigenvalue weighted by Crippen LogP contribution is -2.26. The van der Waals surface area contributed by atoms with E-state index in [-0.39, 0.29) is 5.91 Å². The zero-order valence-corrected chi connectivity index (χ0v) is 16.5. The number of rotatable bonds is 10. The van der Waals surface area contributed by atoms with Gasteiger partial charge in [-0.3, -0.25) is 4.79 Å². The van der Waals surface area contributed by atoms with E-state index in [1.807, 2.05) is 18.2 Å². The molecule has 27 heavy (non-hydrogen) atoms. The van der Waals surface area contributed by atoms with Crippen molar-refractivity contribution >= 4 is 5.91 Å². The van der Waals surface area contributed by atoms with Gasteiger partial charge in [0.2, 0.25) is 5.91 Å². The predicted octanol–water partition coefficient (Wildman–Crippen LogP) is 2.94. The largest absolute Gasteiger partial charge is 0.493 e. The molecule has 0 aliphatic carbocycles. The highest BCUT2D eigenvalue weighted by molar-refractivity contribution is 5.78. The van der Waals surface area contributed by atoms with E-state index in [1.165, 1.54) is 16.7 Å². The Morgan fingerprint density at radius 1 is 1.04 bits per heavy atom. The van der Waals surface area contributed by atoms with Crippen LogP contribution in [0, 0.1) is 13.8 Å². The molecule has 5 heteroatoms. The number of ether oxygens (including phenoxy) is 2. The van der Waals surface area contributed by atoms with Crippen molar-refractivity contribution in [2.24, 2.45) is 5.73 Å². The van der Waals surface area contributed by atoms with E-state index in [9.17, 15) is 4.79 Å². The van der Waals surface area contributed by atoms with E-state index in [0.717, 1.165) is 18.4 Å². The molecule has 2 aromatic rings. The molecule has 5 nitrogen and oxygen atoms in total. The highest BCUT2D eigenvalue weighted by Gasteiger charge is 2.09. The molecule has 0 atom stereocenters.